The molecule has 2 aromatic rings. The van der Waals surface area contributed by atoms with Gasteiger partial charge in [0, 0.05) is 31.7 Å². The van der Waals surface area contributed by atoms with Crippen molar-refractivity contribution in [3.05, 3.63) is 65.0 Å². The molecule has 2 heterocycles. The van der Waals surface area contributed by atoms with Crippen LogP contribution in [0.3, 0.4) is 0 Å². The Balaban J connectivity index is 1.83. The Morgan fingerprint density at radius 1 is 1.00 bits per heavy atom. The Morgan fingerprint density at radius 2 is 1.78 bits per heavy atom. The second-order valence-electron chi connectivity index (χ2n) is 6.41. The number of ether oxygens (including phenoxy) is 1. The molecule has 3 nitrogen and oxygen atoms in total. The van der Waals surface area contributed by atoms with E-state index < -0.39 is 0 Å². The SMILES string of the molecule is CN1CCN(C2c3ccccc3COc3ccc(F)cc32)CC1. The molecule has 2 aromatic carbocycles. The summed E-state index contributed by atoms with van der Waals surface area (Å²) in [6.45, 7) is 4.56. The molecule has 120 valence electrons. The van der Waals surface area contributed by atoms with Gasteiger partial charge in [0.25, 0.3) is 0 Å². The van der Waals surface area contributed by atoms with Crippen molar-refractivity contribution in [1.29, 1.82) is 0 Å². The third-order valence-electron chi connectivity index (χ3n) is 4.90. The van der Waals surface area contributed by atoms with E-state index in [9.17, 15) is 4.39 Å². The van der Waals surface area contributed by atoms with Crippen LogP contribution in [0.1, 0.15) is 22.7 Å². The van der Waals surface area contributed by atoms with Crippen molar-refractivity contribution >= 4 is 0 Å². The van der Waals surface area contributed by atoms with Crippen LogP contribution in [0.15, 0.2) is 42.5 Å². The maximum atomic E-state index is 13.9. The van der Waals surface area contributed by atoms with E-state index >= 15 is 0 Å². The first-order valence-corrected chi connectivity index (χ1v) is 8.15. The summed E-state index contributed by atoms with van der Waals surface area (Å²) in [4.78, 5) is 4.79. The molecule has 1 saturated heterocycles. The lowest BCUT2D eigenvalue weighted by atomic mass is 9.93. The van der Waals surface area contributed by atoms with Gasteiger partial charge in [-0.3, -0.25) is 4.90 Å². The van der Waals surface area contributed by atoms with Gasteiger partial charge in [-0.2, -0.15) is 0 Å². The molecule has 0 saturated carbocycles. The molecule has 2 aliphatic heterocycles. The fourth-order valence-corrected chi connectivity index (χ4v) is 3.59. The van der Waals surface area contributed by atoms with Gasteiger partial charge in [0.15, 0.2) is 0 Å². The molecular weight excluding hydrogens is 291 g/mol. The molecule has 4 rings (SSSR count). The average molecular weight is 312 g/mol. The minimum Gasteiger partial charge on any atom is -0.489 e. The highest BCUT2D eigenvalue weighted by Gasteiger charge is 2.31. The number of hydrogen-bond acceptors (Lipinski definition) is 3. The molecule has 0 aromatic heterocycles. The molecule has 0 bridgehead atoms. The second-order valence-corrected chi connectivity index (χ2v) is 6.41. The van der Waals surface area contributed by atoms with Gasteiger partial charge in [-0.1, -0.05) is 24.3 Å². The highest BCUT2D eigenvalue weighted by Crippen LogP contribution is 2.40. The number of rotatable bonds is 1. The molecule has 0 amide bonds. The normalized spacial score (nSPS) is 21.9. The number of piperazine rings is 1. The summed E-state index contributed by atoms with van der Waals surface area (Å²) < 4.78 is 19.9. The van der Waals surface area contributed by atoms with Crippen molar-refractivity contribution in [2.24, 2.45) is 0 Å². The van der Waals surface area contributed by atoms with Gasteiger partial charge in [0.05, 0.1) is 6.04 Å². The predicted molar refractivity (Wildman–Crippen MR) is 88.1 cm³/mol. The lowest BCUT2D eigenvalue weighted by Gasteiger charge is -2.38. The van der Waals surface area contributed by atoms with Gasteiger partial charge >= 0.3 is 0 Å². The van der Waals surface area contributed by atoms with E-state index in [-0.39, 0.29) is 11.9 Å². The second kappa shape index (κ2) is 5.95. The first kappa shape index (κ1) is 14.7. The molecule has 0 radical (unpaired) electrons. The number of hydrogen-bond donors (Lipinski definition) is 0. The number of benzene rings is 2. The van der Waals surface area contributed by atoms with Crippen LogP contribution in [0, 0.1) is 5.82 Å². The average Bonchev–Trinajstić information content (AvgIpc) is 2.72. The van der Waals surface area contributed by atoms with Gasteiger partial charge < -0.3 is 9.64 Å². The van der Waals surface area contributed by atoms with Crippen LogP contribution >= 0.6 is 0 Å². The Morgan fingerprint density at radius 3 is 2.61 bits per heavy atom. The molecular formula is C19H21FN2O. The Kier molecular flexibility index (Phi) is 3.79. The largest absolute Gasteiger partial charge is 0.489 e. The number of nitrogens with zero attached hydrogens (tertiary/aromatic N) is 2. The van der Waals surface area contributed by atoms with E-state index in [0.29, 0.717) is 6.61 Å². The smallest absolute Gasteiger partial charge is 0.125 e. The fraction of sp³-hybridized carbons (Fsp3) is 0.368. The highest BCUT2D eigenvalue weighted by atomic mass is 19.1. The molecule has 0 aliphatic carbocycles. The topological polar surface area (TPSA) is 15.7 Å². The molecule has 2 aliphatic rings. The number of halogens is 1. The summed E-state index contributed by atoms with van der Waals surface area (Å²) in [6.07, 6.45) is 0. The van der Waals surface area contributed by atoms with Gasteiger partial charge in [-0.05, 0) is 36.4 Å². The van der Waals surface area contributed by atoms with Gasteiger partial charge in [0.2, 0.25) is 0 Å². The standard InChI is InChI=1S/C19H21FN2O/c1-21-8-10-22(11-9-21)19-16-5-3-2-4-14(16)13-23-18-7-6-15(20)12-17(18)19/h2-7,12,19H,8-11,13H2,1H3. The highest BCUT2D eigenvalue weighted by molar-refractivity contribution is 5.46. The van der Waals surface area contributed by atoms with Crippen LogP contribution in [-0.4, -0.2) is 43.0 Å². The zero-order valence-corrected chi connectivity index (χ0v) is 13.3. The van der Waals surface area contributed by atoms with Crippen LogP contribution in [0.2, 0.25) is 0 Å². The van der Waals surface area contributed by atoms with Crippen molar-refractivity contribution < 1.29 is 9.13 Å². The minimum absolute atomic E-state index is 0.0631. The van der Waals surface area contributed by atoms with E-state index in [0.717, 1.165) is 37.5 Å². The van der Waals surface area contributed by atoms with Crippen LogP contribution in [0.4, 0.5) is 4.39 Å². The first-order valence-electron chi connectivity index (χ1n) is 8.15. The van der Waals surface area contributed by atoms with Gasteiger partial charge in [0.1, 0.15) is 18.2 Å². The van der Waals surface area contributed by atoms with Gasteiger partial charge in [-0.15, -0.1) is 0 Å². The Hall–Kier alpha value is -1.91. The third-order valence-corrected chi connectivity index (χ3v) is 4.90. The van der Waals surface area contributed by atoms with Crippen molar-refractivity contribution in [1.82, 2.24) is 9.80 Å². The summed E-state index contributed by atoms with van der Waals surface area (Å²) in [5.41, 5.74) is 3.37. The van der Waals surface area contributed by atoms with E-state index in [2.05, 4.69) is 35.0 Å². The fourth-order valence-electron chi connectivity index (χ4n) is 3.59. The Labute approximate surface area is 136 Å². The van der Waals surface area contributed by atoms with E-state index in [1.165, 1.54) is 17.2 Å². The monoisotopic (exact) mass is 312 g/mol. The van der Waals surface area contributed by atoms with Crippen LogP contribution in [-0.2, 0) is 6.61 Å². The molecule has 4 heteroatoms. The molecule has 0 N–H and O–H groups in total. The minimum atomic E-state index is -0.203. The summed E-state index contributed by atoms with van der Waals surface area (Å²) in [7, 11) is 2.15. The molecule has 1 atom stereocenters. The summed E-state index contributed by atoms with van der Waals surface area (Å²) in [5, 5.41) is 0. The third kappa shape index (κ3) is 2.73. The van der Waals surface area contributed by atoms with Crippen molar-refractivity contribution in [3.63, 3.8) is 0 Å². The number of likely N-dealkylation sites (N-methyl/N-ethyl adjacent to an activating group) is 1. The number of fused-ring (bicyclic) bond motifs is 2. The van der Waals surface area contributed by atoms with Crippen LogP contribution < -0.4 is 4.74 Å². The molecule has 0 spiro atoms. The van der Waals surface area contributed by atoms with E-state index in [1.807, 2.05) is 6.07 Å². The lowest BCUT2D eigenvalue weighted by molar-refractivity contribution is 0.127. The van der Waals surface area contributed by atoms with E-state index in [4.69, 9.17) is 4.74 Å². The molecule has 1 fully saturated rings. The van der Waals surface area contributed by atoms with Crippen LogP contribution in [0.5, 0.6) is 5.75 Å². The zero-order valence-electron chi connectivity index (χ0n) is 13.3. The maximum Gasteiger partial charge on any atom is 0.125 e. The van der Waals surface area contributed by atoms with Gasteiger partial charge in [-0.25, -0.2) is 4.39 Å². The first-order chi connectivity index (χ1) is 11.2. The summed E-state index contributed by atoms with van der Waals surface area (Å²) >= 11 is 0. The summed E-state index contributed by atoms with van der Waals surface area (Å²) in [6, 6.07) is 13.3. The molecule has 23 heavy (non-hydrogen) atoms. The lowest BCUT2D eigenvalue weighted by Crippen LogP contribution is -2.46. The maximum absolute atomic E-state index is 13.9. The quantitative estimate of drug-likeness (QED) is 0.805. The van der Waals surface area contributed by atoms with Crippen molar-refractivity contribution in [2.45, 2.75) is 12.6 Å². The van der Waals surface area contributed by atoms with Crippen molar-refractivity contribution in [2.75, 3.05) is 33.2 Å². The zero-order chi connectivity index (χ0) is 15.8. The molecule has 1 unspecified atom stereocenters. The van der Waals surface area contributed by atoms with E-state index in [1.54, 1.807) is 12.1 Å². The summed E-state index contributed by atoms with van der Waals surface area (Å²) in [5.74, 6) is 0.595. The predicted octanol–water partition coefficient (Wildman–Crippen LogP) is 3.05. The Bertz CT molecular complexity index is 710. The van der Waals surface area contributed by atoms with Crippen LogP contribution in [0.25, 0.3) is 0 Å². The van der Waals surface area contributed by atoms with Crippen molar-refractivity contribution in [3.8, 4) is 5.75 Å².